The zero-order valence-corrected chi connectivity index (χ0v) is 15.7. The van der Waals surface area contributed by atoms with Gasteiger partial charge in [-0.2, -0.15) is 0 Å². The first-order valence-corrected chi connectivity index (χ1v) is 9.25. The van der Waals surface area contributed by atoms with Crippen molar-refractivity contribution in [2.75, 3.05) is 13.2 Å². The van der Waals surface area contributed by atoms with Gasteiger partial charge in [-0.1, -0.05) is 18.2 Å². The number of aliphatic hydroxyl groups excluding tert-OH is 8. The van der Waals surface area contributed by atoms with E-state index in [4.69, 9.17) is 14.2 Å². The molecule has 2 heterocycles. The molecule has 2 fully saturated rings. The summed E-state index contributed by atoms with van der Waals surface area (Å²) in [6, 6.07) is 5.54. The van der Waals surface area contributed by atoms with Gasteiger partial charge in [0.05, 0.1) is 13.2 Å². The van der Waals surface area contributed by atoms with Crippen molar-refractivity contribution in [1.82, 2.24) is 0 Å². The van der Waals surface area contributed by atoms with Gasteiger partial charge in [0.2, 0.25) is 0 Å². The fourth-order valence-electron chi connectivity index (χ4n) is 3.74. The van der Waals surface area contributed by atoms with Crippen LogP contribution in [-0.4, -0.2) is 114 Å². The molecule has 0 bridgehead atoms. The van der Waals surface area contributed by atoms with Crippen LogP contribution in [0.1, 0.15) is 5.56 Å². The van der Waals surface area contributed by atoms with Crippen molar-refractivity contribution in [2.24, 2.45) is 0 Å². The zero-order chi connectivity index (χ0) is 22.2. The first kappa shape index (κ1) is 23.2. The number of hydrogen-bond donors (Lipinski definition) is 9. The van der Waals surface area contributed by atoms with Gasteiger partial charge in [0.15, 0.2) is 18.2 Å². The molecule has 0 aromatic heterocycles. The van der Waals surface area contributed by atoms with E-state index in [9.17, 15) is 46.0 Å². The highest BCUT2D eigenvalue weighted by Gasteiger charge is 2.57. The second-order valence-electron chi connectivity index (χ2n) is 7.31. The van der Waals surface area contributed by atoms with Crippen molar-refractivity contribution in [1.29, 1.82) is 0 Å². The van der Waals surface area contributed by atoms with Crippen LogP contribution in [0.15, 0.2) is 24.3 Å². The van der Waals surface area contributed by atoms with Crippen molar-refractivity contribution >= 4 is 0 Å². The van der Waals surface area contributed by atoms with Crippen LogP contribution in [0.5, 0.6) is 5.75 Å². The van der Waals surface area contributed by atoms with Gasteiger partial charge in [-0.3, -0.25) is 0 Å². The van der Waals surface area contributed by atoms with Gasteiger partial charge in [-0.15, -0.1) is 0 Å². The molecule has 0 saturated carbocycles. The van der Waals surface area contributed by atoms with Crippen molar-refractivity contribution < 1.29 is 60.2 Å². The Hall–Kier alpha value is -1.42. The minimum atomic E-state index is -2.12. The summed E-state index contributed by atoms with van der Waals surface area (Å²) < 4.78 is 16.1. The normalized spacial score (nSPS) is 44.7. The topological polar surface area (TPSA) is 210 Å². The average Bonchev–Trinajstić information content (AvgIpc) is 2.74. The Morgan fingerprint density at radius 1 is 0.900 bits per heavy atom. The van der Waals surface area contributed by atoms with Crippen molar-refractivity contribution in [3.63, 3.8) is 0 Å². The summed E-state index contributed by atoms with van der Waals surface area (Å²) in [4.78, 5) is 0. The lowest BCUT2D eigenvalue weighted by Crippen LogP contribution is -2.67. The van der Waals surface area contributed by atoms with Gasteiger partial charge >= 0.3 is 0 Å². The SMILES string of the molecule is OC[C@H]1O[C@@H](O)[C@H](O)[C@@H](O)[C@@H]1O[C@H]1O[C@@](CO)(c2ccccc2O)[C@H](O)[C@H](O)[C@H]1O. The van der Waals surface area contributed by atoms with Gasteiger partial charge in [0, 0.05) is 5.56 Å². The molecule has 2 aliphatic rings. The van der Waals surface area contributed by atoms with E-state index in [1.165, 1.54) is 24.3 Å². The highest BCUT2D eigenvalue weighted by Crippen LogP contribution is 2.42. The number of aromatic hydroxyl groups is 1. The number of aliphatic hydroxyl groups is 8. The average molecular weight is 434 g/mol. The molecule has 170 valence electrons. The van der Waals surface area contributed by atoms with E-state index >= 15 is 0 Å². The summed E-state index contributed by atoms with van der Waals surface area (Å²) in [6.45, 7) is -1.69. The van der Waals surface area contributed by atoms with Crippen LogP contribution >= 0.6 is 0 Å². The maximum Gasteiger partial charge on any atom is 0.188 e. The first-order chi connectivity index (χ1) is 14.2. The third kappa shape index (κ3) is 3.81. The molecule has 1 aromatic rings. The Balaban J connectivity index is 1.94. The third-order valence-corrected chi connectivity index (χ3v) is 5.48. The fourth-order valence-corrected chi connectivity index (χ4v) is 3.74. The Morgan fingerprint density at radius 2 is 1.57 bits per heavy atom. The number of phenolic OH excluding ortho intramolecular Hbond substituents is 1. The molecule has 9 N–H and O–H groups in total. The van der Waals surface area contributed by atoms with Gasteiger partial charge in [-0.05, 0) is 6.07 Å². The van der Waals surface area contributed by atoms with E-state index in [1.54, 1.807) is 0 Å². The Bertz CT molecular complexity index is 716. The monoisotopic (exact) mass is 434 g/mol. The number of rotatable bonds is 5. The molecule has 2 saturated heterocycles. The zero-order valence-electron chi connectivity index (χ0n) is 15.7. The molecule has 12 heteroatoms. The lowest BCUT2D eigenvalue weighted by atomic mass is 9.81. The minimum absolute atomic E-state index is 0.103. The third-order valence-electron chi connectivity index (χ3n) is 5.48. The summed E-state index contributed by atoms with van der Waals surface area (Å²) >= 11 is 0. The molecule has 12 nitrogen and oxygen atoms in total. The van der Waals surface area contributed by atoms with Crippen LogP contribution in [-0.2, 0) is 19.8 Å². The number of para-hydroxylation sites is 1. The van der Waals surface area contributed by atoms with E-state index in [0.717, 1.165) is 0 Å². The van der Waals surface area contributed by atoms with E-state index in [1.807, 2.05) is 0 Å². The maximum absolute atomic E-state index is 10.5. The van der Waals surface area contributed by atoms with E-state index in [-0.39, 0.29) is 11.3 Å². The summed E-state index contributed by atoms with van der Waals surface area (Å²) in [5, 5.41) is 90.5. The van der Waals surface area contributed by atoms with Crippen molar-refractivity contribution in [3.8, 4) is 5.75 Å². The van der Waals surface area contributed by atoms with Crippen LogP contribution in [0.25, 0.3) is 0 Å². The lowest BCUT2D eigenvalue weighted by Gasteiger charge is -2.50. The molecule has 0 amide bonds. The summed E-state index contributed by atoms with van der Waals surface area (Å²) in [5.41, 5.74) is -2.23. The van der Waals surface area contributed by atoms with Gasteiger partial charge < -0.3 is 60.2 Å². The quantitative estimate of drug-likeness (QED) is 0.216. The summed E-state index contributed by atoms with van der Waals surface area (Å²) in [6.07, 6.45) is -15.8. The van der Waals surface area contributed by atoms with Crippen LogP contribution in [0, 0.1) is 0 Å². The molecule has 0 unspecified atom stereocenters. The summed E-state index contributed by atoms with van der Waals surface area (Å²) in [5.74, 6) is -0.374. The van der Waals surface area contributed by atoms with Crippen LogP contribution in [0.3, 0.4) is 0 Å². The van der Waals surface area contributed by atoms with Gasteiger partial charge in [0.1, 0.15) is 48.5 Å². The molecule has 3 rings (SSSR count). The number of ether oxygens (including phenoxy) is 3. The molecule has 10 atom stereocenters. The molecule has 0 aliphatic carbocycles. The maximum atomic E-state index is 10.5. The Labute approximate surface area is 170 Å². The second-order valence-corrected chi connectivity index (χ2v) is 7.31. The van der Waals surface area contributed by atoms with Gasteiger partial charge in [0.25, 0.3) is 0 Å². The van der Waals surface area contributed by atoms with Crippen molar-refractivity contribution in [3.05, 3.63) is 29.8 Å². The van der Waals surface area contributed by atoms with E-state index in [0.29, 0.717) is 0 Å². The molecule has 1 aromatic carbocycles. The van der Waals surface area contributed by atoms with Crippen LogP contribution < -0.4 is 0 Å². The first-order valence-electron chi connectivity index (χ1n) is 9.25. The highest BCUT2D eigenvalue weighted by molar-refractivity contribution is 5.39. The number of hydrogen-bond acceptors (Lipinski definition) is 12. The number of phenols is 1. The van der Waals surface area contributed by atoms with Gasteiger partial charge in [-0.25, -0.2) is 0 Å². The molecule has 0 radical (unpaired) electrons. The largest absolute Gasteiger partial charge is 0.508 e. The number of benzene rings is 1. The molecule has 0 spiro atoms. The predicted molar refractivity (Wildman–Crippen MR) is 94.6 cm³/mol. The Kier molecular flexibility index (Phi) is 6.96. The second kappa shape index (κ2) is 8.98. The van der Waals surface area contributed by atoms with Crippen LogP contribution in [0.2, 0.25) is 0 Å². The lowest BCUT2D eigenvalue weighted by molar-refractivity contribution is -0.378. The molecular weight excluding hydrogens is 408 g/mol. The fraction of sp³-hybridized carbons (Fsp3) is 0.667. The Morgan fingerprint density at radius 3 is 2.17 bits per heavy atom. The molecule has 30 heavy (non-hydrogen) atoms. The molecular formula is C18H26O12. The van der Waals surface area contributed by atoms with E-state index < -0.39 is 74.1 Å². The summed E-state index contributed by atoms with van der Waals surface area (Å²) in [7, 11) is 0. The smallest absolute Gasteiger partial charge is 0.188 e. The van der Waals surface area contributed by atoms with Crippen molar-refractivity contribution in [2.45, 2.75) is 60.9 Å². The molecule has 2 aliphatic heterocycles. The standard InChI is InChI=1S/C18H26O12/c19-5-9-14(10(22)12(24)16(27)28-9)29-17-13(25)11(23)15(26)18(6-20,30-17)7-3-1-2-4-8(7)21/h1-4,9-17,19-27H,5-6H2/t9-,10-,11-,12-,13-,14-,15-,16-,17+,18+/m1/s1. The highest BCUT2D eigenvalue weighted by atomic mass is 16.7. The van der Waals surface area contributed by atoms with E-state index in [2.05, 4.69) is 0 Å². The minimum Gasteiger partial charge on any atom is -0.508 e. The predicted octanol–water partition coefficient (Wildman–Crippen LogP) is -4.16. The van der Waals surface area contributed by atoms with Crippen LogP contribution in [0.4, 0.5) is 0 Å².